The van der Waals surface area contributed by atoms with Crippen LogP contribution in [0.25, 0.3) is 0 Å². The summed E-state index contributed by atoms with van der Waals surface area (Å²) in [7, 11) is -3.96. The quantitative estimate of drug-likeness (QED) is 0.0396. The molecule has 0 spiro atoms. The summed E-state index contributed by atoms with van der Waals surface area (Å²) in [6, 6.07) is 4.82. The number of benzene rings is 1. The number of carbonyl (C=O) groups excluding carboxylic acids is 2. The van der Waals surface area contributed by atoms with Crippen molar-refractivity contribution in [1.29, 1.82) is 0 Å². The van der Waals surface area contributed by atoms with E-state index in [-0.39, 0.29) is 27.9 Å². The summed E-state index contributed by atoms with van der Waals surface area (Å²) in [4.78, 5) is 24.6. The van der Waals surface area contributed by atoms with Crippen LogP contribution >= 0.6 is 0 Å². The maximum absolute atomic E-state index is 12.3. The molecule has 1 aromatic rings. The normalized spacial score (nSPS) is 20.1. The lowest BCUT2D eigenvalue weighted by Gasteiger charge is -2.39. The molecule has 0 bridgehead atoms. The maximum atomic E-state index is 12.3. The van der Waals surface area contributed by atoms with Crippen molar-refractivity contribution in [3.05, 3.63) is 53.1 Å². The minimum atomic E-state index is -1.98. The Bertz CT molecular complexity index is 1500. The van der Waals surface area contributed by atoms with Gasteiger partial charge in [0.1, 0.15) is 5.75 Å². The number of unbranched alkanes of at least 4 members (excludes halogenated alkanes) is 2. The molecule has 0 amide bonds. The van der Waals surface area contributed by atoms with Crippen LogP contribution in [-0.4, -0.2) is 61.6 Å². The Kier molecular flexibility index (Phi) is 22.4. The minimum absolute atomic E-state index is 0.115. The second-order valence-electron chi connectivity index (χ2n) is 22.7. The largest absolute Gasteiger partial charge is 0.493 e. The Balaban J connectivity index is 1.89. The first-order chi connectivity index (χ1) is 29.5. The van der Waals surface area contributed by atoms with Gasteiger partial charge in [0.15, 0.2) is 16.6 Å². The molecule has 0 heterocycles. The molecule has 0 atom stereocenters. The third kappa shape index (κ3) is 18.2. The fourth-order valence-electron chi connectivity index (χ4n) is 8.86. The molecule has 3 rings (SSSR count). The van der Waals surface area contributed by atoms with Gasteiger partial charge in [0.05, 0.1) is 19.8 Å². The smallest absolute Gasteiger partial charge is 0.333 e. The summed E-state index contributed by atoms with van der Waals surface area (Å²) in [5.74, 6) is 3.61. The highest BCUT2D eigenvalue weighted by molar-refractivity contribution is 6.74. The Morgan fingerprint density at radius 1 is 0.667 bits per heavy atom. The highest BCUT2D eigenvalue weighted by Crippen LogP contribution is 2.46. The number of hydrogen-bond acceptors (Lipinski definition) is 7. The van der Waals surface area contributed by atoms with E-state index in [0.717, 1.165) is 42.8 Å². The van der Waals surface area contributed by atoms with Gasteiger partial charge in [0.2, 0.25) is 0 Å². The van der Waals surface area contributed by atoms with Crippen LogP contribution in [-0.2, 0) is 40.8 Å². The van der Waals surface area contributed by atoms with Gasteiger partial charge in [-0.15, -0.1) is 0 Å². The van der Waals surface area contributed by atoms with Crippen LogP contribution in [0.2, 0.25) is 36.3 Å². The molecule has 9 heteroatoms. The highest BCUT2D eigenvalue weighted by atomic mass is 28.4. The van der Waals surface area contributed by atoms with Crippen molar-refractivity contribution in [2.75, 3.05) is 33.0 Å². The van der Waals surface area contributed by atoms with Crippen LogP contribution in [0.4, 0.5) is 0 Å². The summed E-state index contributed by atoms with van der Waals surface area (Å²) in [5, 5.41) is 0.229. The number of esters is 2. The molecular weight excluding hydrogens is 817 g/mol. The Hall–Kier alpha value is -2.21. The molecule has 0 aromatic heterocycles. The third-order valence-corrected chi connectivity index (χ3v) is 24.4. The standard InChI is InChI=1S/C54H94O7Si2/c1-16-17-18-21-42-24-26-44(27-25-42)45-28-30-46(31-29-45)49-36-47(22-19-33-58-51(55)40(2)3)50(48(37-49)23-20-34-59-52(56)41(4)5)57-35-32-43(38-60-62(12,13)53(6,7)8)39-61-63(14,15)54(9,10)11/h36-37,42-46H,2,4,16-35,38-39H2,1,3,5-15H3. The molecule has 0 aliphatic heterocycles. The molecular formula is C54H94O7Si2. The van der Waals surface area contributed by atoms with Gasteiger partial charge in [-0.1, -0.05) is 112 Å². The lowest BCUT2D eigenvalue weighted by atomic mass is 9.67. The summed E-state index contributed by atoms with van der Waals surface area (Å²) < 4.78 is 31.8. The predicted octanol–water partition coefficient (Wildman–Crippen LogP) is 14.9. The second kappa shape index (κ2) is 25.6. The van der Waals surface area contributed by atoms with Crippen molar-refractivity contribution in [1.82, 2.24) is 0 Å². The molecule has 2 fully saturated rings. The Labute approximate surface area is 388 Å². The monoisotopic (exact) mass is 911 g/mol. The lowest BCUT2D eigenvalue weighted by molar-refractivity contribution is -0.139. The van der Waals surface area contributed by atoms with Crippen molar-refractivity contribution in [3.63, 3.8) is 0 Å². The zero-order valence-corrected chi connectivity index (χ0v) is 44.9. The van der Waals surface area contributed by atoms with Crippen LogP contribution in [0.1, 0.15) is 181 Å². The molecule has 2 saturated carbocycles. The van der Waals surface area contributed by atoms with Gasteiger partial charge in [0, 0.05) is 30.3 Å². The summed E-state index contributed by atoms with van der Waals surface area (Å²) in [5.41, 5.74) is 4.56. The van der Waals surface area contributed by atoms with Gasteiger partial charge in [-0.25, -0.2) is 9.59 Å². The van der Waals surface area contributed by atoms with E-state index < -0.39 is 16.6 Å². The maximum Gasteiger partial charge on any atom is 0.333 e. The van der Waals surface area contributed by atoms with Gasteiger partial charge < -0.3 is 23.1 Å². The molecule has 0 N–H and O–H groups in total. The molecule has 360 valence electrons. The number of aryl methyl sites for hydroxylation is 2. The van der Waals surface area contributed by atoms with Gasteiger partial charge in [-0.3, -0.25) is 0 Å². The first-order valence-electron chi connectivity index (χ1n) is 25.2. The van der Waals surface area contributed by atoms with E-state index in [0.29, 0.717) is 62.9 Å². The van der Waals surface area contributed by atoms with E-state index in [2.05, 4.69) is 99.9 Å². The van der Waals surface area contributed by atoms with E-state index in [9.17, 15) is 9.59 Å². The highest BCUT2D eigenvalue weighted by Gasteiger charge is 2.40. The Morgan fingerprint density at radius 3 is 1.52 bits per heavy atom. The van der Waals surface area contributed by atoms with E-state index in [1.165, 1.54) is 93.7 Å². The van der Waals surface area contributed by atoms with E-state index in [4.69, 9.17) is 23.1 Å². The van der Waals surface area contributed by atoms with Crippen LogP contribution in [0.3, 0.4) is 0 Å². The molecule has 63 heavy (non-hydrogen) atoms. The topological polar surface area (TPSA) is 80.3 Å². The molecule has 0 unspecified atom stereocenters. The van der Waals surface area contributed by atoms with Crippen LogP contribution < -0.4 is 4.74 Å². The van der Waals surface area contributed by atoms with Crippen molar-refractivity contribution in [2.45, 2.75) is 214 Å². The molecule has 0 radical (unpaired) electrons. The summed E-state index contributed by atoms with van der Waals surface area (Å²) in [6.45, 7) is 38.8. The number of rotatable bonds is 26. The van der Waals surface area contributed by atoms with Crippen LogP contribution in [0.15, 0.2) is 36.4 Å². The number of ether oxygens (including phenoxy) is 3. The van der Waals surface area contributed by atoms with E-state index >= 15 is 0 Å². The Morgan fingerprint density at radius 2 is 1.11 bits per heavy atom. The van der Waals surface area contributed by atoms with Crippen molar-refractivity contribution in [2.24, 2.45) is 23.7 Å². The van der Waals surface area contributed by atoms with Gasteiger partial charge >= 0.3 is 11.9 Å². The summed E-state index contributed by atoms with van der Waals surface area (Å²) in [6.07, 6.45) is 19.9. The summed E-state index contributed by atoms with van der Waals surface area (Å²) >= 11 is 0. The average molecular weight is 912 g/mol. The average Bonchev–Trinajstić information content (AvgIpc) is 3.21. The van der Waals surface area contributed by atoms with Crippen molar-refractivity contribution in [3.8, 4) is 5.75 Å². The zero-order valence-electron chi connectivity index (χ0n) is 42.9. The van der Waals surface area contributed by atoms with E-state index in [1.54, 1.807) is 13.8 Å². The number of carbonyl (C=O) groups is 2. The van der Waals surface area contributed by atoms with Gasteiger partial charge in [-0.05, 0) is 161 Å². The molecule has 1 aromatic carbocycles. The predicted molar refractivity (Wildman–Crippen MR) is 269 cm³/mol. The second-order valence-corrected chi connectivity index (χ2v) is 32.4. The number of hydrogen-bond donors (Lipinski definition) is 0. The molecule has 7 nitrogen and oxygen atoms in total. The molecule has 2 aliphatic carbocycles. The SMILES string of the molecule is C=C(C)C(=O)OCCCc1cc(C2CCC(C3CCC(CCCCC)CC3)CC2)cc(CCCOC(=O)C(=C)C)c1OCCC(CO[Si](C)(C)C(C)(C)C)CO[Si](C)(C)C(C)(C)C. The van der Waals surface area contributed by atoms with Crippen molar-refractivity contribution >= 4 is 28.6 Å². The fourth-order valence-corrected chi connectivity index (χ4v) is 11.0. The van der Waals surface area contributed by atoms with E-state index in [1.807, 2.05) is 0 Å². The van der Waals surface area contributed by atoms with Crippen molar-refractivity contribution < 1.29 is 32.7 Å². The van der Waals surface area contributed by atoms with Gasteiger partial charge in [-0.2, -0.15) is 0 Å². The molecule has 2 aliphatic rings. The zero-order chi connectivity index (χ0) is 47.0. The van der Waals surface area contributed by atoms with Gasteiger partial charge in [0.25, 0.3) is 0 Å². The fraction of sp³-hybridized carbons (Fsp3) is 0.778. The minimum Gasteiger partial charge on any atom is -0.493 e. The van der Waals surface area contributed by atoms with Crippen LogP contribution in [0.5, 0.6) is 5.75 Å². The lowest BCUT2D eigenvalue weighted by Crippen LogP contribution is -2.44. The first kappa shape index (κ1) is 55.1. The first-order valence-corrected chi connectivity index (χ1v) is 31.0. The molecule has 0 saturated heterocycles. The van der Waals surface area contributed by atoms with Crippen LogP contribution in [0, 0.1) is 23.7 Å². The third-order valence-electron chi connectivity index (χ3n) is 15.4.